The summed E-state index contributed by atoms with van der Waals surface area (Å²) in [6.45, 7) is 4.14. The molecule has 4 nitrogen and oxygen atoms in total. The van der Waals surface area contributed by atoms with Gasteiger partial charge in [-0.3, -0.25) is 0 Å². The van der Waals surface area contributed by atoms with E-state index in [1.54, 1.807) is 18.2 Å². The van der Waals surface area contributed by atoms with Gasteiger partial charge < -0.3 is 9.26 Å². The van der Waals surface area contributed by atoms with Crippen LogP contribution in [0, 0.1) is 0 Å². The number of rotatable bonds is 6. The summed E-state index contributed by atoms with van der Waals surface area (Å²) in [5, 5.41) is 4.98. The molecule has 0 radical (unpaired) electrons. The zero-order valence-electron chi connectivity index (χ0n) is 14.0. The molecule has 130 valence electrons. The van der Waals surface area contributed by atoms with Crippen molar-refractivity contribution in [2.45, 2.75) is 32.8 Å². The van der Waals surface area contributed by atoms with Gasteiger partial charge in [0.05, 0.1) is 28.1 Å². The molecule has 1 unspecified atom stereocenters. The molecule has 1 aromatic heterocycles. The maximum absolute atomic E-state index is 6.18. The number of nitrogens with zero attached hydrogens (tertiary/aromatic N) is 2. The molecule has 1 heterocycles. The Kier molecular flexibility index (Phi) is 5.61. The smallest absolute Gasteiger partial charge is 0.231 e. The number of halogens is 2. The second kappa shape index (κ2) is 7.89. The quantitative estimate of drug-likeness (QED) is 0.544. The Morgan fingerprint density at radius 3 is 2.40 bits per heavy atom. The van der Waals surface area contributed by atoms with Gasteiger partial charge >= 0.3 is 0 Å². The molecule has 3 rings (SSSR count). The highest BCUT2D eigenvalue weighted by Crippen LogP contribution is 2.32. The van der Waals surface area contributed by atoms with Crippen molar-refractivity contribution in [2.75, 3.05) is 0 Å². The van der Waals surface area contributed by atoms with Gasteiger partial charge in [-0.25, -0.2) is 0 Å². The number of ether oxygens (including phenoxy) is 1. The van der Waals surface area contributed by atoms with Crippen molar-refractivity contribution in [2.24, 2.45) is 0 Å². The van der Waals surface area contributed by atoms with Crippen molar-refractivity contribution in [3.63, 3.8) is 0 Å². The van der Waals surface area contributed by atoms with Crippen molar-refractivity contribution in [1.29, 1.82) is 0 Å². The van der Waals surface area contributed by atoms with Gasteiger partial charge in [0, 0.05) is 0 Å². The predicted molar refractivity (Wildman–Crippen MR) is 99.4 cm³/mol. The highest BCUT2D eigenvalue weighted by molar-refractivity contribution is 6.38. The molecule has 0 saturated heterocycles. The fraction of sp³-hybridized carbons (Fsp3) is 0.263. The van der Waals surface area contributed by atoms with Crippen LogP contribution in [0.3, 0.4) is 0 Å². The minimum Gasteiger partial charge on any atom is -0.491 e. The Labute approximate surface area is 156 Å². The number of aromatic nitrogens is 2. The van der Waals surface area contributed by atoms with E-state index in [9.17, 15) is 0 Å². The van der Waals surface area contributed by atoms with Gasteiger partial charge in [0.2, 0.25) is 11.7 Å². The molecule has 1 atom stereocenters. The second-order valence-electron chi connectivity index (χ2n) is 5.77. The largest absolute Gasteiger partial charge is 0.491 e. The molecular formula is C19H18Cl2N2O2. The van der Waals surface area contributed by atoms with E-state index < -0.39 is 0 Å². The summed E-state index contributed by atoms with van der Waals surface area (Å²) in [7, 11) is 0. The van der Waals surface area contributed by atoms with Crippen molar-refractivity contribution in [1.82, 2.24) is 10.1 Å². The van der Waals surface area contributed by atoms with Crippen LogP contribution in [0.2, 0.25) is 10.0 Å². The molecule has 0 spiro atoms. The average Bonchev–Trinajstić information content (AvgIpc) is 3.04. The summed E-state index contributed by atoms with van der Waals surface area (Å²) in [5.74, 6) is 1.75. The summed E-state index contributed by atoms with van der Waals surface area (Å²) in [5.41, 5.74) is 1.63. The third-order valence-corrected chi connectivity index (χ3v) is 4.48. The summed E-state index contributed by atoms with van der Waals surface area (Å²) in [6.07, 6.45) is 1.69. The topological polar surface area (TPSA) is 48.2 Å². The lowest BCUT2D eigenvalue weighted by atomic mass is 10.1. The third kappa shape index (κ3) is 4.33. The summed E-state index contributed by atoms with van der Waals surface area (Å²) >= 11 is 12.4. The van der Waals surface area contributed by atoms with Crippen LogP contribution >= 0.6 is 23.2 Å². The Morgan fingerprint density at radius 1 is 1.08 bits per heavy atom. The maximum Gasteiger partial charge on any atom is 0.231 e. The van der Waals surface area contributed by atoms with E-state index in [0.29, 0.717) is 33.7 Å². The minimum atomic E-state index is 0.199. The highest BCUT2D eigenvalue weighted by Gasteiger charge is 2.15. The minimum absolute atomic E-state index is 0.199. The molecule has 0 aliphatic rings. The van der Waals surface area contributed by atoms with Crippen molar-refractivity contribution in [3.8, 4) is 17.1 Å². The van der Waals surface area contributed by atoms with Gasteiger partial charge in [0.25, 0.3) is 0 Å². The van der Waals surface area contributed by atoms with Gasteiger partial charge in [-0.05, 0) is 43.2 Å². The van der Waals surface area contributed by atoms with E-state index >= 15 is 0 Å². The van der Waals surface area contributed by atoms with Gasteiger partial charge in [-0.2, -0.15) is 4.98 Å². The van der Waals surface area contributed by atoms with Crippen LogP contribution in [0.5, 0.6) is 5.75 Å². The van der Waals surface area contributed by atoms with Gasteiger partial charge in [0.15, 0.2) is 0 Å². The SMILES string of the molecule is CCC(C)Oc1ccc(Cc2nc(-c3c(Cl)cccc3Cl)no2)cc1. The van der Waals surface area contributed by atoms with Gasteiger partial charge in [-0.15, -0.1) is 0 Å². The Morgan fingerprint density at radius 2 is 1.76 bits per heavy atom. The normalized spacial score (nSPS) is 12.2. The molecule has 0 saturated carbocycles. The third-order valence-electron chi connectivity index (χ3n) is 3.85. The zero-order chi connectivity index (χ0) is 17.8. The van der Waals surface area contributed by atoms with Gasteiger partial charge in [-0.1, -0.05) is 53.5 Å². The molecule has 0 amide bonds. The first kappa shape index (κ1) is 17.8. The van der Waals surface area contributed by atoms with Crippen LogP contribution in [-0.4, -0.2) is 16.2 Å². The van der Waals surface area contributed by atoms with E-state index in [0.717, 1.165) is 17.7 Å². The van der Waals surface area contributed by atoms with Crippen LogP contribution in [0.25, 0.3) is 11.4 Å². The lowest BCUT2D eigenvalue weighted by Gasteiger charge is -2.12. The first-order valence-electron chi connectivity index (χ1n) is 8.09. The van der Waals surface area contributed by atoms with E-state index in [-0.39, 0.29) is 6.10 Å². The molecule has 0 aliphatic carbocycles. The summed E-state index contributed by atoms with van der Waals surface area (Å²) < 4.78 is 11.1. The highest BCUT2D eigenvalue weighted by atomic mass is 35.5. The second-order valence-corrected chi connectivity index (χ2v) is 6.58. The first-order chi connectivity index (χ1) is 12.1. The van der Waals surface area contributed by atoms with E-state index in [4.69, 9.17) is 32.5 Å². The molecule has 25 heavy (non-hydrogen) atoms. The lowest BCUT2D eigenvalue weighted by Crippen LogP contribution is -2.09. The molecule has 2 aromatic carbocycles. The van der Waals surface area contributed by atoms with Crippen LogP contribution in [0.4, 0.5) is 0 Å². The molecule has 6 heteroatoms. The fourth-order valence-corrected chi connectivity index (χ4v) is 2.88. The molecule has 0 bridgehead atoms. The summed E-state index contributed by atoms with van der Waals surface area (Å²) in [4.78, 5) is 4.40. The lowest BCUT2D eigenvalue weighted by molar-refractivity contribution is 0.217. The average molecular weight is 377 g/mol. The molecule has 3 aromatic rings. The van der Waals surface area contributed by atoms with Crippen molar-refractivity contribution >= 4 is 23.2 Å². The zero-order valence-corrected chi connectivity index (χ0v) is 15.5. The van der Waals surface area contributed by atoms with Crippen LogP contribution in [0.1, 0.15) is 31.7 Å². The van der Waals surface area contributed by atoms with E-state index in [2.05, 4.69) is 17.1 Å². The molecule has 0 N–H and O–H groups in total. The summed E-state index contributed by atoms with van der Waals surface area (Å²) in [6, 6.07) is 13.1. The monoisotopic (exact) mass is 376 g/mol. The van der Waals surface area contributed by atoms with E-state index in [1.807, 2.05) is 31.2 Å². The molecular weight excluding hydrogens is 359 g/mol. The maximum atomic E-state index is 6.18. The van der Waals surface area contributed by atoms with E-state index in [1.165, 1.54) is 0 Å². The van der Waals surface area contributed by atoms with Crippen molar-refractivity contribution < 1.29 is 9.26 Å². The molecule has 0 aliphatic heterocycles. The van der Waals surface area contributed by atoms with Crippen LogP contribution in [0.15, 0.2) is 47.0 Å². The number of benzene rings is 2. The van der Waals surface area contributed by atoms with Crippen molar-refractivity contribution in [3.05, 3.63) is 64.0 Å². The first-order valence-corrected chi connectivity index (χ1v) is 8.85. The van der Waals surface area contributed by atoms with Crippen LogP contribution < -0.4 is 4.74 Å². The Balaban J connectivity index is 1.73. The van der Waals surface area contributed by atoms with Crippen LogP contribution in [-0.2, 0) is 6.42 Å². The number of hydrogen-bond acceptors (Lipinski definition) is 4. The van der Waals surface area contributed by atoms with Gasteiger partial charge in [0.1, 0.15) is 5.75 Å². The fourth-order valence-electron chi connectivity index (χ4n) is 2.32. The Hall–Kier alpha value is -2.04. The standard InChI is InChI=1S/C19H18Cl2N2O2/c1-3-12(2)24-14-9-7-13(8-10-14)11-17-22-19(23-25-17)18-15(20)5-4-6-16(18)21/h4-10,12H,3,11H2,1-2H3. The number of hydrogen-bond donors (Lipinski definition) is 0. The predicted octanol–water partition coefficient (Wildman–Crippen LogP) is 5.81. The molecule has 0 fully saturated rings. The Bertz CT molecular complexity index is 827.